The largest absolute Gasteiger partial charge is 0.395 e. The van der Waals surface area contributed by atoms with Gasteiger partial charge in [-0.1, -0.05) is 18.8 Å². The number of hydrogen-bond donors (Lipinski definition) is 1. The van der Waals surface area contributed by atoms with Gasteiger partial charge in [-0.05, 0) is 31.5 Å². The summed E-state index contributed by atoms with van der Waals surface area (Å²) in [6.07, 6.45) is 3.36. The van der Waals surface area contributed by atoms with Crippen LogP contribution >= 0.6 is 11.3 Å². The van der Waals surface area contributed by atoms with Gasteiger partial charge in [0, 0.05) is 31.0 Å². The molecule has 0 saturated carbocycles. The highest BCUT2D eigenvalue weighted by Gasteiger charge is 2.18. The Kier molecular flexibility index (Phi) is 6.55. The minimum atomic E-state index is 0.135. The van der Waals surface area contributed by atoms with Crippen LogP contribution in [-0.2, 0) is 11.3 Å². The van der Waals surface area contributed by atoms with Crippen LogP contribution in [-0.4, -0.2) is 42.4 Å². The molecule has 0 aliphatic carbocycles. The highest BCUT2D eigenvalue weighted by atomic mass is 32.1. The SMILES string of the molecule is CCN(Cc1ccc(C#CCCO)s1)CC1CCCO1. The predicted molar refractivity (Wildman–Crippen MR) is 82.8 cm³/mol. The first-order chi connectivity index (χ1) is 9.81. The van der Waals surface area contributed by atoms with Crippen molar-refractivity contribution >= 4 is 11.3 Å². The van der Waals surface area contributed by atoms with Crippen LogP contribution < -0.4 is 0 Å². The summed E-state index contributed by atoms with van der Waals surface area (Å²) >= 11 is 1.75. The molecule has 2 rings (SSSR count). The quantitative estimate of drug-likeness (QED) is 0.818. The Morgan fingerprint density at radius 1 is 1.50 bits per heavy atom. The number of nitrogens with zero attached hydrogens (tertiary/aromatic N) is 1. The molecule has 0 amide bonds. The summed E-state index contributed by atoms with van der Waals surface area (Å²) < 4.78 is 5.71. The normalized spacial score (nSPS) is 18.2. The molecular formula is C16H23NO2S. The number of aliphatic hydroxyl groups is 1. The molecule has 3 nitrogen and oxygen atoms in total. The van der Waals surface area contributed by atoms with Gasteiger partial charge in [0.2, 0.25) is 0 Å². The molecule has 1 N–H and O–H groups in total. The molecule has 1 aliphatic heterocycles. The fourth-order valence-electron chi connectivity index (χ4n) is 2.34. The van der Waals surface area contributed by atoms with Gasteiger partial charge in [0.1, 0.15) is 0 Å². The second-order valence-electron chi connectivity index (χ2n) is 5.00. The first-order valence-corrected chi connectivity index (χ1v) is 8.16. The Morgan fingerprint density at radius 2 is 2.40 bits per heavy atom. The molecule has 110 valence electrons. The van der Waals surface area contributed by atoms with Crippen LogP contribution in [0.15, 0.2) is 12.1 Å². The number of ether oxygens (including phenoxy) is 1. The Bertz CT molecular complexity index is 455. The summed E-state index contributed by atoms with van der Waals surface area (Å²) in [6, 6.07) is 4.23. The zero-order chi connectivity index (χ0) is 14.2. The van der Waals surface area contributed by atoms with E-state index >= 15 is 0 Å². The van der Waals surface area contributed by atoms with E-state index in [0.29, 0.717) is 12.5 Å². The minimum Gasteiger partial charge on any atom is -0.395 e. The maximum absolute atomic E-state index is 8.72. The molecule has 0 spiro atoms. The van der Waals surface area contributed by atoms with Crippen molar-refractivity contribution < 1.29 is 9.84 Å². The van der Waals surface area contributed by atoms with Gasteiger partial charge >= 0.3 is 0 Å². The van der Waals surface area contributed by atoms with Gasteiger partial charge in [-0.3, -0.25) is 4.90 Å². The first kappa shape index (κ1) is 15.5. The van der Waals surface area contributed by atoms with Crippen molar-refractivity contribution in [1.82, 2.24) is 4.90 Å². The van der Waals surface area contributed by atoms with Crippen molar-refractivity contribution in [3.8, 4) is 11.8 Å². The van der Waals surface area contributed by atoms with Crippen molar-refractivity contribution in [2.75, 3.05) is 26.3 Å². The van der Waals surface area contributed by atoms with Crippen molar-refractivity contribution in [1.29, 1.82) is 0 Å². The standard InChI is InChI=1S/C16H23NO2S/c1-2-17(12-14-6-5-11-19-14)13-16-9-8-15(20-16)7-3-4-10-18/h8-9,14,18H,2,4-6,10-13H2,1H3. The van der Waals surface area contributed by atoms with E-state index in [2.05, 4.69) is 35.8 Å². The highest BCUT2D eigenvalue weighted by Crippen LogP contribution is 2.19. The number of hydrogen-bond acceptors (Lipinski definition) is 4. The van der Waals surface area contributed by atoms with Gasteiger partial charge in [-0.2, -0.15) is 0 Å². The fraction of sp³-hybridized carbons (Fsp3) is 0.625. The number of rotatable bonds is 6. The maximum atomic E-state index is 8.72. The van der Waals surface area contributed by atoms with Crippen LogP contribution in [0.3, 0.4) is 0 Å². The Morgan fingerprint density at radius 3 is 3.10 bits per heavy atom. The highest BCUT2D eigenvalue weighted by molar-refractivity contribution is 7.12. The summed E-state index contributed by atoms with van der Waals surface area (Å²) in [5, 5.41) is 8.72. The van der Waals surface area contributed by atoms with Gasteiger partial charge in [0.05, 0.1) is 17.6 Å². The average Bonchev–Trinajstić information content (AvgIpc) is 3.10. The third kappa shape index (κ3) is 4.92. The lowest BCUT2D eigenvalue weighted by Crippen LogP contribution is -2.31. The van der Waals surface area contributed by atoms with E-state index in [4.69, 9.17) is 9.84 Å². The van der Waals surface area contributed by atoms with Crippen LogP contribution in [0.25, 0.3) is 0 Å². The van der Waals surface area contributed by atoms with Crippen LogP contribution in [0, 0.1) is 11.8 Å². The van der Waals surface area contributed by atoms with E-state index < -0.39 is 0 Å². The first-order valence-electron chi connectivity index (χ1n) is 7.34. The third-order valence-electron chi connectivity index (χ3n) is 3.42. The lowest BCUT2D eigenvalue weighted by Gasteiger charge is -2.22. The van der Waals surface area contributed by atoms with E-state index in [-0.39, 0.29) is 6.61 Å². The molecule has 20 heavy (non-hydrogen) atoms. The zero-order valence-corrected chi connectivity index (χ0v) is 12.9. The molecule has 2 heterocycles. The van der Waals surface area contributed by atoms with Crippen molar-refractivity contribution in [2.24, 2.45) is 0 Å². The average molecular weight is 293 g/mol. The molecule has 0 aromatic carbocycles. The van der Waals surface area contributed by atoms with E-state index in [1.165, 1.54) is 17.7 Å². The Labute approximate surface area is 125 Å². The summed E-state index contributed by atoms with van der Waals surface area (Å²) in [7, 11) is 0. The van der Waals surface area contributed by atoms with E-state index in [0.717, 1.165) is 31.1 Å². The lowest BCUT2D eigenvalue weighted by molar-refractivity contribution is 0.0728. The van der Waals surface area contributed by atoms with Crippen molar-refractivity contribution in [3.05, 3.63) is 21.9 Å². The molecule has 1 unspecified atom stereocenters. The fourth-order valence-corrected chi connectivity index (χ4v) is 3.26. The lowest BCUT2D eigenvalue weighted by atomic mass is 10.2. The van der Waals surface area contributed by atoms with E-state index in [1.807, 2.05) is 0 Å². The van der Waals surface area contributed by atoms with Gasteiger partial charge in [-0.25, -0.2) is 0 Å². The maximum Gasteiger partial charge on any atom is 0.0771 e. The monoisotopic (exact) mass is 293 g/mol. The Balaban J connectivity index is 1.85. The van der Waals surface area contributed by atoms with Crippen LogP contribution in [0.2, 0.25) is 0 Å². The zero-order valence-electron chi connectivity index (χ0n) is 12.1. The van der Waals surface area contributed by atoms with E-state index in [9.17, 15) is 0 Å². The summed E-state index contributed by atoms with van der Waals surface area (Å²) in [5.41, 5.74) is 0. The molecule has 1 atom stereocenters. The van der Waals surface area contributed by atoms with Crippen LogP contribution in [0.1, 0.15) is 35.9 Å². The number of likely N-dealkylation sites (N-methyl/N-ethyl adjacent to an activating group) is 1. The summed E-state index contributed by atoms with van der Waals surface area (Å²) in [6.45, 7) is 6.30. The smallest absolute Gasteiger partial charge is 0.0771 e. The third-order valence-corrected chi connectivity index (χ3v) is 4.41. The van der Waals surface area contributed by atoms with Gasteiger partial charge < -0.3 is 9.84 Å². The predicted octanol–water partition coefficient (Wildman–Crippen LogP) is 2.48. The Hall–Kier alpha value is -0.860. The van der Waals surface area contributed by atoms with Gasteiger partial charge in [0.25, 0.3) is 0 Å². The van der Waals surface area contributed by atoms with Crippen molar-refractivity contribution in [2.45, 2.75) is 38.8 Å². The topological polar surface area (TPSA) is 32.7 Å². The van der Waals surface area contributed by atoms with Gasteiger partial charge in [0.15, 0.2) is 0 Å². The molecule has 1 aromatic rings. The molecule has 4 heteroatoms. The number of aliphatic hydroxyl groups excluding tert-OH is 1. The second kappa shape index (κ2) is 8.43. The molecule has 1 aliphatic rings. The van der Waals surface area contributed by atoms with Crippen LogP contribution in [0.5, 0.6) is 0 Å². The molecule has 0 bridgehead atoms. The summed E-state index contributed by atoms with van der Waals surface area (Å²) in [5.74, 6) is 6.06. The molecular weight excluding hydrogens is 270 g/mol. The second-order valence-corrected chi connectivity index (χ2v) is 6.17. The number of thiophene rings is 1. The van der Waals surface area contributed by atoms with E-state index in [1.54, 1.807) is 11.3 Å². The molecule has 1 aromatic heterocycles. The minimum absolute atomic E-state index is 0.135. The summed E-state index contributed by atoms with van der Waals surface area (Å²) in [4.78, 5) is 4.87. The molecule has 0 radical (unpaired) electrons. The van der Waals surface area contributed by atoms with Crippen LogP contribution in [0.4, 0.5) is 0 Å². The van der Waals surface area contributed by atoms with Crippen molar-refractivity contribution in [3.63, 3.8) is 0 Å². The molecule has 1 saturated heterocycles. The molecule has 1 fully saturated rings. The van der Waals surface area contributed by atoms with Gasteiger partial charge in [-0.15, -0.1) is 11.3 Å².